The van der Waals surface area contributed by atoms with Crippen LogP contribution in [-0.4, -0.2) is 52.0 Å². The Kier molecular flexibility index (Phi) is 5.34. The second kappa shape index (κ2) is 8.07. The average molecular weight is 390 g/mol. The highest BCUT2D eigenvalue weighted by Gasteiger charge is 2.23. The summed E-state index contributed by atoms with van der Waals surface area (Å²) >= 11 is 0. The average Bonchev–Trinajstić information content (AvgIpc) is 3.09. The molecule has 2 heterocycles. The van der Waals surface area contributed by atoms with E-state index in [1.807, 2.05) is 24.0 Å². The summed E-state index contributed by atoms with van der Waals surface area (Å²) in [6, 6.07) is 16.7. The van der Waals surface area contributed by atoms with Gasteiger partial charge in [0.1, 0.15) is 0 Å². The molecule has 1 amide bonds. The third-order valence-electron chi connectivity index (χ3n) is 5.59. The minimum absolute atomic E-state index is 0.118. The van der Waals surface area contributed by atoms with Gasteiger partial charge >= 0.3 is 0 Å². The van der Waals surface area contributed by atoms with E-state index >= 15 is 0 Å². The Hall–Kier alpha value is -3.15. The van der Waals surface area contributed by atoms with Crippen LogP contribution in [0.2, 0.25) is 0 Å². The fourth-order valence-corrected chi connectivity index (χ4v) is 3.75. The predicted octanol–water partition coefficient (Wildman–Crippen LogP) is 3.08. The van der Waals surface area contributed by atoms with Gasteiger partial charge in [-0.3, -0.25) is 4.79 Å². The third-order valence-corrected chi connectivity index (χ3v) is 5.59. The largest absolute Gasteiger partial charge is 0.368 e. The summed E-state index contributed by atoms with van der Waals surface area (Å²) in [6.07, 6.45) is 0.294. The fraction of sp³-hybridized carbons (Fsp3) is 0.348. The van der Waals surface area contributed by atoms with Crippen molar-refractivity contribution >= 4 is 11.6 Å². The topological polar surface area (TPSA) is 54.3 Å². The molecule has 0 aliphatic carbocycles. The first-order valence-electron chi connectivity index (χ1n) is 10.1. The lowest BCUT2D eigenvalue weighted by molar-refractivity contribution is -0.130. The zero-order valence-electron chi connectivity index (χ0n) is 17.3. The first-order valence-corrected chi connectivity index (χ1v) is 10.1. The maximum atomic E-state index is 12.8. The molecule has 1 aliphatic rings. The third kappa shape index (κ3) is 4.16. The molecule has 4 rings (SSSR count). The molecule has 3 aromatic rings. The van der Waals surface area contributed by atoms with Crippen molar-refractivity contribution in [1.82, 2.24) is 19.9 Å². The highest BCUT2D eigenvalue weighted by Crippen LogP contribution is 2.19. The van der Waals surface area contributed by atoms with Crippen LogP contribution in [0.5, 0.6) is 0 Å². The van der Waals surface area contributed by atoms with Crippen LogP contribution in [0.3, 0.4) is 0 Å². The Morgan fingerprint density at radius 1 is 0.897 bits per heavy atom. The van der Waals surface area contributed by atoms with Gasteiger partial charge in [0.05, 0.1) is 23.5 Å². The van der Waals surface area contributed by atoms with Gasteiger partial charge in [0.15, 0.2) is 0 Å². The maximum Gasteiger partial charge on any atom is 0.228 e. The molecule has 6 nitrogen and oxygen atoms in total. The Bertz CT molecular complexity index is 1000. The highest BCUT2D eigenvalue weighted by atomic mass is 16.2. The Morgan fingerprint density at radius 3 is 2.31 bits per heavy atom. The second-order valence-corrected chi connectivity index (χ2v) is 7.75. The normalized spacial score (nSPS) is 14.3. The maximum absolute atomic E-state index is 12.8. The van der Waals surface area contributed by atoms with Gasteiger partial charge in [0.25, 0.3) is 0 Å². The van der Waals surface area contributed by atoms with E-state index < -0.39 is 0 Å². The van der Waals surface area contributed by atoms with Gasteiger partial charge in [0.2, 0.25) is 5.91 Å². The molecule has 1 saturated heterocycles. The van der Waals surface area contributed by atoms with Crippen LogP contribution in [0.25, 0.3) is 5.69 Å². The molecule has 0 radical (unpaired) electrons. The van der Waals surface area contributed by atoms with Crippen molar-refractivity contribution in [1.29, 1.82) is 0 Å². The molecule has 0 atom stereocenters. The van der Waals surface area contributed by atoms with E-state index in [9.17, 15) is 4.79 Å². The minimum Gasteiger partial charge on any atom is -0.368 e. The van der Waals surface area contributed by atoms with Crippen molar-refractivity contribution in [2.24, 2.45) is 0 Å². The van der Waals surface area contributed by atoms with E-state index in [4.69, 9.17) is 0 Å². The number of aromatic nitrogens is 3. The molecule has 0 spiro atoms. The molecular formula is C23H27N5O. The lowest BCUT2D eigenvalue weighted by Crippen LogP contribution is -2.49. The highest BCUT2D eigenvalue weighted by molar-refractivity contribution is 5.79. The van der Waals surface area contributed by atoms with Crippen molar-refractivity contribution in [3.05, 3.63) is 71.0 Å². The zero-order chi connectivity index (χ0) is 20.4. The number of amides is 1. The number of hydrogen-bond donors (Lipinski definition) is 0. The van der Waals surface area contributed by atoms with Crippen LogP contribution in [0.4, 0.5) is 5.69 Å². The van der Waals surface area contributed by atoms with E-state index in [0.717, 1.165) is 43.3 Å². The number of carbonyl (C=O) groups excluding carboxylic acids is 1. The number of piperazine rings is 1. The van der Waals surface area contributed by atoms with Gasteiger partial charge in [-0.2, -0.15) is 0 Å². The van der Waals surface area contributed by atoms with Gasteiger partial charge in [0, 0.05) is 31.9 Å². The number of carbonyl (C=O) groups is 1. The minimum atomic E-state index is 0.118. The number of nitrogens with zero attached hydrogens (tertiary/aromatic N) is 5. The summed E-state index contributed by atoms with van der Waals surface area (Å²) < 4.78 is 1.80. The molecule has 29 heavy (non-hydrogen) atoms. The van der Waals surface area contributed by atoms with Crippen LogP contribution < -0.4 is 4.90 Å². The number of hydrogen-bond acceptors (Lipinski definition) is 4. The van der Waals surface area contributed by atoms with E-state index in [2.05, 4.69) is 65.5 Å². The van der Waals surface area contributed by atoms with Crippen molar-refractivity contribution in [2.75, 3.05) is 31.1 Å². The lowest BCUT2D eigenvalue weighted by atomic mass is 10.1. The van der Waals surface area contributed by atoms with Gasteiger partial charge in [-0.15, -0.1) is 5.10 Å². The van der Waals surface area contributed by atoms with Gasteiger partial charge in [-0.25, -0.2) is 4.68 Å². The van der Waals surface area contributed by atoms with Crippen LogP contribution in [-0.2, 0) is 11.2 Å². The standard InChI is InChI=1S/C23H27N5O/c1-17-7-9-20(10-8-17)28-19(3)22(24-25-28)16-23(29)27-13-11-26(12-14-27)21-6-4-5-18(2)15-21/h4-10,15H,11-14,16H2,1-3H3. The molecule has 1 aliphatic heterocycles. The van der Waals surface area contributed by atoms with Crippen LogP contribution >= 0.6 is 0 Å². The monoisotopic (exact) mass is 389 g/mol. The lowest BCUT2D eigenvalue weighted by Gasteiger charge is -2.36. The van der Waals surface area contributed by atoms with E-state index in [-0.39, 0.29) is 5.91 Å². The zero-order valence-corrected chi connectivity index (χ0v) is 17.3. The summed E-state index contributed by atoms with van der Waals surface area (Å²) in [6.45, 7) is 9.30. The molecule has 0 saturated carbocycles. The Morgan fingerprint density at radius 2 is 1.62 bits per heavy atom. The van der Waals surface area contributed by atoms with Crippen molar-refractivity contribution in [3.8, 4) is 5.69 Å². The van der Waals surface area contributed by atoms with E-state index in [0.29, 0.717) is 6.42 Å². The summed E-state index contributed by atoms with van der Waals surface area (Å²) in [4.78, 5) is 17.1. The number of aryl methyl sites for hydroxylation is 2. The summed E-state index contributed by atoms with van der Waals surface area (Å²) in [5.74, 6) is 0.118. The quantitative estimate of drug-likeness (QED) is 0.688. The molecule has 1 fully saturated rings. The first kappa shape index (κ1) is 19.2. The van der Waals surface area contributed by atoms with Crippen LogP contribution in [0, 0.1) is 20.8 Å². The van der Waals surface area contributed by atoms with Gasteiger partial charge < -0.3 is 9.80 Å². The van der Waals surface area contributed by atoms with Gasteiger partial charge in [-0.1, -0.05) is 35.0 Å². The Labute approximate surface area is 171 Å². The van der Waals surface area contributed by atoms with Crippen molar-refractivity contribution < 1.29 is 4.79 Å². The first-order chi connectivity index (χ1) is 14.0. The molecule has 150 valence electrons. The van der Waals surface area contributed by atoms with Gasteiger partial charge in [-0.05, 0) is 50.6 Å². The van der Waals surface area contributed by atoms with Crippen LogP contribution in [0.1, 0.15) is 22.5 Å². The molecule has 1 aromatic heterocycles. The number of rotatable bonds is 4. The summed E-state index contributed by atoms with van der Waals surface area (Å²) in [5, 5.41) is 8.54. The SMILES string of the molecule is Cc1ccc(-n2nnc(CC(=O)N3CCN(c4cccc(C)c4)CC3)c2C)cc1. The molecule has 2 aromatic carbocycles. The van der Waals surface area contributed by atoms with Crippen molar-refractivity contribution in [3.63, 3.8) is 0 Å². The number of anilines is 1. The van der Waals surface area contributed by atoms with E-state index in [1.54, 1.807) is 4.68 Å². The number of benzene rings is 2. The summed E-state index contributed by atoms with van der Waals surface area (Å²) in [7, 11) is 0. The Balaban J connectivity index is 1.38. The molecule has 6 heteroatoms. The smallest absolute Gasteiger partial charge is 0.228 e. The second-order valence-electron chi connectivity index (χ2n) is 7.75. The molecular weight excluding hydrogens is 362 g/mol. The molecule has 0 N–H and O–H groups in total. The van der Waals surface area contributed by atoms with E-state index in [1.165, 1.54) is 16.8 Å². The molecule has 0 unspecified atom stereocenters. The van der Waals surface area contributed by atoms with Crippen molar-refractivity contribution in [2.45, 2.75) is 27.2 Å². The fourth-order valence-electron chi connectivity index (χ4n) is 3.75. The van der Waals surface area contributed by atoms with Crippen LogP contribution in [0.15, 0.2) is 48.5 Å². The predicted molar refractivity (Wildman–Crippen MR) is 115 cm³/mol. The summed E-state index contributed by atoms with van der Waals surface area (Å²) in [5.41, 5.74) is 6.32. The molecule has 0 bridgehead atoms.